The zero-order chi connectivity index (χ0) is 11.4. The van der Waals surface area contributed by atoms with Crippen LogP contribution < -0.4 is 5.32 Å². The Kier molecular flexibility index (Phi) is 4.28. The van der Waals surface area contributed by atoms with Gasteiger partial charge in [-0.05, 0) is 42.9 Å². The van der Waals surface area contributed by atoms with Crippen molar-refractivity contribution in [3.8, 4) is 0 Å². The number of hydrogen-bond donors (Lipinski definition) is 1. The van der Waals surface area contributed by atoms with E-state index in [0.717, 1.165) is 22.9 Å². The molecule has 0 spiro atoms. The molecule has 1 aromatic rings. The normalized spacial score (nSPS) is 25.4. The third-order valence-electron chi connectivity index (χ3n) is 3.55. The number of rotatable bonds is 3. The van der Waals surface area contributed by atoms with Gasteiger partial charge in [-0.15, -0.1) is 0 Å². The molecule has 1 aliphatic carbocycles. The van der Waals surface area contributed by atoms with E-state index in [1.165, 1.54) is 31.4 Å². The SMILES string of the molecule is CC1CCC(CNc2cccc(Br)c2)CC1. The summed E-state index contributed by atoms with van der Waals surface area (Å²) in [7, 11) is 0. The van der Waals surface area contributed by atoms with E-state index < -0.39 is 0 Å². The van der Waals surface area contributed by atoms with Crippen LogP contribution in [0.1, 0.15) is 32.6 Å². The number of hydrogen-bond acceptors (Lipinski definition) is 1. The zero-order valence-corrected chi connectivity index (χ0v) is 11.5. The van der Waals surface area contributed by atoms with Gasteiger partial charge in [0.25, 0.3) is 0 Å². The highest BCUT2D eigenvalue weighted by Gasteiger charge is 2.17. The first kappa shape index (κ1) is 12.0. The van der Waals surface area contributed by atoms with Gasteiger partial charge in [-0.1, -0.05) is 41.8 Å². The molecule has 0 bridgehead atoms. The molecule has 0 aliphatic heterocycles. The first-order chi connectivity index (χ1) is 7.74. The molecule has 1 aliphatic rings. The molecule has 0 aromatic heterocycles. The molecular formula is C14H20BrN. The van der Waals surface area contributed by atoms with Crippen LogP contribution in [0.2, 0.25) is 0 Å². The highest BCUT2D eigenvalue weighted by atomic mass is 79.9. The lowest BCUT2D eigenvalue weighted by atomic mass is 9.83. The fraction of sp³-hybridized carbons (Fsp3) is 0.571. The highest BCUT2D eigenvalue weighted by molar-refractivity contribution is 9.10. The van der Waals surface area contributed by atoms with Crippen molar-refractivity contribution in [3.63, 3.8) is 0 Å². The van der Waals surface area contributed by atoms with E-state index in [4.69, 9.17) is 0 Å². The molecule has 1 saturated carbocycles. The molecule has 0 amide bonds. The van der Waals surface area contributed by atoms with E-state index in [-0.39, 0.29) is 0 Å². The van der Waals surface area contributed by atoms with Crippen molar-refractivity contribution in [2.75, 3.05) is 11.9 Å². The van der Waals surface area contributed by atoms with E-state index in [0.29, 0.717) is 0 Å². The van der Waals surface area contributed by atoms with Crippen LogP contribution in [-0.4, -0.2) is 6.54 Å². The smallest absolute Gasteiger partial charge is 0.0351 e. The van der Waals surface area contributed by atoms with Gasteiger partial charge in [0.1, 0.15) is 0 Å². The molecule has 1 N–H and O–H groups in total. The van der Waals surface area contributed by atoms with Gasteiger partial charge in [0.05, 0.1) is 0 Å². The van der Waals surface area contributed by atoms with Crippen molar-refractivity contribution in [2.24, 2.45) is 11.8 Å². The molecular weight excluding hydrogens is 262 g/mol. The summed E-state index contributed by atoms with van der Waals surface area (Å²) < 4.78 is 1.15. The third-order valence-corrected chi connectivity index (χ3v) is 4.05. The summed E-state index contributed by atoms with van der Waals surface area (Å²) in [5, 5.41) is 3.54. The maximum absolute atomic E-state index is 3.54. The molecule has 2 rings (SSSR count). The zero-order valence-electron chi connectivity index (χ0n) is 9.88. The average molecular weight is 282 g/mol. The van der Waals surface area contributed by atoms with Crippen LogP contribution in [0, 0.1) is 11.8 Å². The van der Waals surface area contributed by atoms with Crippen LogP contribution in [-0.2, 0) is 0 Å². The van der Waals surface area contributed by atoms with Crippen LogP contribution in [0.15, 0.2) is 28.7 Å². The minimum atomic E-state index is 0.871. The van der Waals surface area contributed by atoms with E-state index in [1.54, 1.807) is 0 Å². The van der Waals surface area contributed by atoms with Crippen LogP contribution in [0.5, 0.6) is 0 Å². The monoisotopic (exact) mass is 281 g/mol. The Morgan fingerprint density at radius 2 is 2.00 bits per heavy atom. The van der Waals surface area contributed by atoms with Crippen molar-refractivity contribution in [3.05, 3.63) is 28.7 Å². The molecule has 2 heteroatoms. The molecule has 1 fully saturated rings. The maximum atomic E-state index is 3.54. The van der Waals surface area contributed by atoms with Crippen molar-refractivity contribution in [1.82, 2.24) is 0 Å². The molecule has 0 unspecified atom stereocenters. The topological polar surface area (TPSA) is 12.0 Å². The summed E-state index contributed by atoms with van der Waals surface area (Å²) in [6, 6.07) is 8.42. The number of nitrogens with one attached hydrogen (secondary N) is 1. The van der Waals surface area contributed by atoms with Gasteiger partial charge in [-0.2, -0.15) is 0 Å². The van der Waals surface area contributed by atoms with Crippen LogP contribution in [0.25, 0.3) is 0 Å². The Hall–Kier alpha value is -0.500. The molecule has 1 nitrogen and oxygen atoms in total. The van der Waals surface area contributed by atoms with Gasteiger partial charge in [-0.25, -0.2) is 0 Å². The number of benzene rings is 1. The minimum Gasteiger partial charge on any atom is -0.385 e. The highest BCUT2D eigenvalue weighted by Crippen LogP contribution is 2.28. The second-order valence-electron chi connectivity index (χ2n) is 5.02. The average Bonchev–Trinajstić information content (AvgIpc) is 2.28. The van der Waals surface area contributed by atoms with E-state index in [2.05, 4.69) is 52.4 Å². The fourth-order valence-electron chi connectivity index (χ4n) is 2.39. The lowest BCUT2D eigenvalue weighted by Crippen LogP contribution is -2.20. The Labute approximate surface area is 107 Å². The number of halogens is 1. The summed E-state index contributed by atoms with van der Waals surface area (Å²) in [5.41, 5.74) is 1.23. The fourth-order valence-corrected chi connectivity index (χ4v) is 2.79. The van der Waals surface area contributed by atoms with Crippen molar-refractivity contribution < 1.29 is 0 Å². The first-order valence-electron chi connectivity index (χ1n) is 6.23. The van der Waals surface area contributed by atoms with Gasteiger partial charge in [0.15, 0.2) is 0 Å². The Morgan fingerprint density at radius 1 is 1.25 bits per heavy atom. The van der Waals surface area contributed by atoms with Crippen molar-refractivity contribution in [1.29, 1.82) is 0 Å². The Bertz CT molecular complexity index is 329. The maximum Gasteiger partial charge on any atom is 0.0351 e. The van der Waals surface area contributed by atoms with Crippen molar-refractivity contribution >= 4 is 21.6 Å². The summed E-state index contributed by atoms with van der Waals surface area (Å²) >= 11 is 3.50. The second kappa shape index (κ2) is 5.72. The molecule has 16 heavy (non-hydrogen) atoms. The van der Waals surface area contributed by atoms with Crippen LogP contribution >= 0.6 is 15.9 Å². The first-order valence-corrected chi connectivity index (χ1v) is 7.03. The quantitative estimate of drug-likeness (QED) is 0.848. The number of anilines is 1. The largest absolute Gasteiger partial charge is 0.385 e. The molecule has 1 aromatic carbocycles. The van der Waals surface area contributed by atoms with E-state index in [9.17, 15) is 0 Å². The Morgan fingerprint density at radius 3 is 2.69 bits per heavy atom. The second-order valence-corrected chi connectivity index (χ2v) is 5.93. The van der Waals surface area contributed by atoms with E-state index >= 15 is 0 Å². The van der Waals surface area contributed by atoms with Crippen LogP contribution in [0.4, 0.5) is 5.69 Å². The van der Waals surface area contributed by atoms with Gasteiger partial charge in [-0.3, -0.25) is 0 Å². The lowest BCUT2D eigenvalue weighted by Gasteiger charge is -2.26. The summed E-state index contributed by atoms with van der Waals surface area (Å²) in [5.74, 6) is 1.82. The summed E-state index contributed by atoms with van der Waals surface area (Å²) in [6.07, 6.45) is 5.60. The van der Waals surface area contributed by atoms with Crippen molar-refractivity contribution in [2.45, 2.75) is 32.6 Å². The summed E-state index contributed by atoms with van der Waals surface area (Å²) in [4.78, 5) is 0. The van der Waals surface area contributed by atoms with Crippen LogP contribution in [0.3, 0.4) is 0 Å². The lowest BCUT2D eigenvalue weighted by molar-refractivity contribution is 0.300. The standard InChI is InChI=1S/C14H20BrN/c1-11-5-7-12(8-6-11)10-16-14-4-2-3-13(15)9-14/h2-4,9,11-12,16H,5-8,10H2,1H3. The molecule has 0 atom stereocenters. The molecule has 0 heterocycles. The predicted molar refractivity (Wildman–Crippen MR) is 73.8 cm³/mol. The van der Waals surface area contributed by atoms with Gasteiger partial charge in [0, 0.05) is 16.7 Å². The molecule has 0 radical (unpaired) electrons. The summed E-state index contributed by atoms with van der Waals surface area (Å²) in [6.45, 7) is 3.50. The third kappa shape index (κ3) is 3.51. The van der Waals surface area contributed by atoms with Gasteiger partial charge < -0.3 is 5.32 Å². The van der Waals surface area contributed by atoms with Gasteiger partial charge >= 0.3 is 0 Å². The van der Waals surface area contributed by atoms with Gasteiger partial charge in [0.2, 0.25) is 0 Å². The molecule has 0 saturated heterocycles. The molecule has 88 valence electrons. The minimum absolute atomic E-state index is 0.871. The predicted octanol–water partition coefficient (Wildman–Crippen LogP) is 4.69. The Balaban J connectivity index is 1.79. The van der Waals surface area contributed by atoms with E-state index in [1.807, 2.05) is 0 Å².